The van der Waals surface area contributed by atoms with Crippen LogP contribution in [0.15, 0.2) is 11.4 Å². The van der Waals surface area contributed by atoms with Gasteiger partial charge in [0.15, 0.2) is 10.8 Å². The van der Waals surface area contributed by atoms with Crippen molar-refractivity contribution < 1.29 is 32.6 Å². The number of alkyl halides is 3. The SMILES string of the molecule is Cc1cc(C(F)(F)F)nn1CC(=O)N1CCN(c2nc(OC(=O)O)cs2)CC1. The first-order valence-electron chi connectivity index (χ1n) is 8.14. The summed E-state index contributed by atoms with van der Waals surface area (Å²) in [5, 5.41) is 14.1. The molecule has 0 atom stereocenters. The van der Waals surface area contributed by atoms with E-state index in [0.29, 0.717) is 31.3 Å². The van der Waals surface area contributed by atoms with Crippen molar-refractivity contribution in [3.63, 3.8) is 0 Å². The highest BCUT2D eigenvalue weighted by atomic mass is 32.1. The van der Waals surface area contributed by atoms with Gasteiger partial charge >= 0.3 is 12.3 Å². The Morgan fingerprint density at radius 2 is 1.96 bits per heavy atom. The van der Waals surface area contributed by atoms with Gasteiger partial charge in [0.05, 0.1) is 5.38 Å². The lowest BCUT2D eigenvalue weighted by molar-refractivity contribution is -0.142. The number of halogens is 3. The lowest BCUT2D eigenvalue weighted by atomic mass is 10.3. The van der Waals surface area contributed by atoms with E-state index in [4.69, 9.17) is 5.11 Å². The number of carboxylic acid groups (broad SMARTS) is 1. The maximum Gasteiger partial charge on any atom is 0.512 e. The first-order chi connectivity index (χ1) is 13.1. The summed E-state index contributed by atoms with van der Waals surface area (Å²) in [6.07, 6.45) is -6.00. The number of carbonyl (C=O) groups is 2. The fraction of sp³-hybridized carbons (Fsp3) is 0.467. The van der Waals surface area contributed by atoms with Crippen LogP contribution in [0.3, 0.4) is 0 Å². The number of ether oxygens (including phenoxy) is 1. The van der Waals surface area contributed by atoms with E-state index in [2.05, 4.69) is 14.8 Å². The topological polar surface area (TPSA) is 101 Å². The molecule has 0 bridgehead atoms. The highest BCUT2D eigenvalue weighted by Crippen LogP contribution is 2.28. The maximum atomic E-state index is 12.7. The molecule has 2 aromatic rings. The zero-order valence-corrected chi connectivity index (χ0v) is 15.5. The van der Waals surface area contributed by atoms with E-state index < -0.39 is 18.0 Å². The Morgan fingerprint density at radius 1 is 1.29 bits per heavy atom. The number of aromatic nitrogens is 3. The third-order valence-electron chi connectivity index (χ3n) is 4.12. The molecule has 1 amide bonds. The van der Waals surface area contributed by atoms with Gasteiger partial charge in [-0.25, -0.2) is 4.79 Å². The number of aryl methyl sites for hydroxylation is 1. The van der Waals surface area contributed by atoms with E-state index in [1.54, 1.807) is 4.90 Å². The molecule has 1 fully saturated rings. The standard InChI is InChI=1S/C15H16F3N5O4S/c1-9-6-10(15(16,17)18)20-23(9)7-12(24)21-2-4-22(5-3-21)13-19-11(8-28-13)27-14(25)26/h6,8H,2-5,7H2,1H3,(H,25,26). The number of piperazine rings is 1. The van der Waals surface area contributed by atoms with Gasteiger partial charge in [-0.05, 0) is 13.0 Å². The fourth-order valence-electron chi connectivity index (χ4n) is 2.72. The van der Waals surface area contributed by atoms with Crippen molar-refractivity contribution in [2.75, 3.05) is 31.1 Å². The van der Waals surface area contributed by atoms with Gasteiger partial charge in [0.1, 0.15) is 6.54 Å². The number of anilines is 1. The molecule has 0 aromatic carbocycles. The van der Waals surface area contributed by atoms with Crippen LogP contribution in [0.4, 0.5) is 23.1 Å². The first kappa shape index (κ1) is 19.9. The molecule has 3 rings (SSSR count). The van der Waals surface area contributed by atoms with E-state index in [1.807, 2.05) is 4.90 Å². The Hall–Kier alpha value is -2.83. The second kappa shape index (κ2) is 7.66. The van der Waals surface area contributed by atoms with Crippen molar-refractivity contribution in [1.82, 2.24) is 19.7 Å². The largest absolute Gasteiger partial charge is 0.512 e. The van der Waals surface area contributed by atoms with Crippen molar-refractivity contribution in [3.8, 4) is 5.88 Å². The maximum absolute atomic E-state index is 12.7. The van der Waals surface area contributed by atoms with E-state index >= 15 is 0 Å². The van der Waals surface area contributed by atoms with Gasteiger partial charge in [0, 0.05) is 31.9 Å². The summed E-state index contributed by atoms with van der Waals surface area (Å²) in [5.74, 6) is -0.339. The number of thiazole rings is 1. The van der Waals surface area contributed by atoms with Crippen LogP contribution in [0.1, 0.15) is 11.4 Å². The molecule has 1 aliphatic heterocycles. The minimum Gasteiger partial charge on any atom is -0.449 e. The summed E-state index contributed by atoms with van der Waals surface area (Å²) < 4.78 is 43.7. The van der Waals surface area contributed by atoms with Gasteiger partial charge in [-0.3, -0.25) is 9.48 Å². The summed E-state index contributed by atoms with van der Waals surface area (Å²) in [6, 6.07) is 0.907. The molecular formula is C15H16F3N5O4S. The smallest absolute Gasteiger partial charge is 0.449 e. The number of amides is 1. The van der Waals surface area contributed by atoms with E-state index in [-0.39, 0.29) is 24.0 Å². The minimum absolute atomic E-state index is 0.0133. The predicted molar refractivity (Wildman–Crippen MR) is 91.5 cm³/mol. The van der Waals surface area contributed by atoms with E-state index in [0.717, 1.165) is 10.7 Å². The zero-order valence-electron chi connectivity index (χ0n) is 14.6. The van der Waals surface area contributed by atoms with Crippen LogP contribution in [-0.2, 0) is 17.5 Å². The van der Waals surface area contributed by atoms with Crippen LogP contribution < -0.4 is 9.64 Å². The Kier molecular flexibility index (Phi) is 5.45. The predicted octanol–water partition coefficient (Wildman–Crippen LogP) is 2.07. The van der Waals surface area contributed by atoms with Crippen molar-refractivity contribution in [3.05, 3.63) is 22.8 Å². The third kappa shape index (κ3) is 4.52. The lowest BCUT2D eigenvalue weighted by Crippen LogP contribution is -2.49. The summed E-state index contributed by atoms with van der Waals surface area (Å²) >= 11 is 1.22. The molecule has 3 heterocycles. The van der Waals surface area contributed by atoms with Gasteiger partial charge < -0.3 is 19.6 Å². The van der Waals surface area contributed by atoms with Crippen LogP contribution in [-0.4, -0.2) is 63.0 Å². The molecule has 2 aromatic heterocycles. The van der Waals surface area contributed by atoms with Crippen LogP contribution in [0.5, 0.6) is 5.88 Å². The van der Waals surface area contributed by atoms with Crippen LogP contribution >= 0.6 is 11.3 Å². The molecule has 13 heteroatoms. The zero-order chi connectivity index (χ0) is 20.5. The van der Waals surface area contributed by atoms with Crippen LogP contribution in [0.2, 0.25) is 0 Å². The molecule has 1 N–H and O–H groups in total. The van der Waals surface area contributed by atoms with Crippen molar-refractivity contribution in [2.45, 2.75) is 19.6 Å². The van der Waals surface area contributed by atoms with Gasteiger partial charge in [-0.1, -0.05) is 0 Å². The molecule has 28 heavy (non-hydrogen) atoms. The normalized spacial score (nSPS) is 15.0. The summed E-state index contributed by atoms with van der Waals surface area (Å²) in [7, 11) is 0. The number of rotatable bonds is 4. The monoisotopic (exact) mass is 419 g/mol. The summed E-state index contributed by atoms with van der Waals surface area (Å²) in [4.78, 5) is 30.4. The molecule has 1 saturated heterocycles. The summed E-state index contributed by atoms with van der Waals surface area (Å²) in [6.45, 7) is 2.83. The fourth-order valence-corrected chi connectivity index (χ4v) is 3.50. The molecule has 1 aliphatic rings. The summed E-state index contributed by atoms with van der Waals surface area (Å²) in [5.41, 5.74) is -0.765. The average molecular weight is 419 g/mol. The quantitative estimate of drug-likeness (QED) is 0.757. The Balaban J connectivity index is 1.56. The van der Waals surface area contributed by atoms with E-state index in [9.17, 15) is 22.8 Å². The lowest BCUT2D eigenvalue weighted by Gasteiger charge is -2.34. The Morgan fingerprint density at radius 3 is 2.54 bits per heavy atom. The molecule has 0 radical (unpaired) electrons. The number of carbonyl (C=O) groups excluding carboxylic acids is 1. The van der Waals surface area contributed by atoms with Crippen molar-refractivity contribution in [2.24, 2.45) is 0 Å². The number of nitrogens with zero attached hydrogens (tertiary/aromatic N) is 5. The number of hydrogen-bond donors (Lipinski definition) is 1. The van der Waals surface area contributed by atoms with Gasteiger partial charge in [0.2, 0.25) is 11.8 Å². The molecule has 0 spiro atoms. The first-order valence-corrected chi connectivity index (χ1v) is 9.02. The molecule has 0 aliphatic carbocycles. The van der Waals surface area contributed by atoms with Gasteiger partial charge in [-0.15, -0.1) is 11.3 Å². The molecular weight excluding hydrogens is 403 g/mol. The van der Waals surface area contributed by atoms with Crippen molar-refractivity contribution >= 4 is 28.5 Å². The van der Waals surface area contributed by atoms with Gasteiger partial charge in [-0.2, -0.15) is 23.3 Å². The van der Waals surface area contributed by atoms with E-state index in [1.165, 1.54) is 23.6 Å². The highest BCUT2D eigenvalue weighted by molar-refractivity contribution is 7.13. The Labute approximate surface area is 160 Å². The molecule has 9 nitrogen and oxygen atoms in total. The molecule has 152 valence electrons. The third-order valence-corrected chi connectivity index (χ3v) is 5.00. The second-order valence-corrected chi connectivity index (χ2v) is 6.87. The van der Waals surface area contributed by atoms with Gasteiger partial charge in [0.25, 0.3) is 0 Å². The molecule has 0 unspecified atom stereocenters. The number of hydrogen-bond acceptors (Lipinski definition) is 7. The second-order valence-electron chi connectivity index (χ2n) is 6.03. The van der Waals surface area contributed by atoms with Crippen LogP contribution in [0, 0.1) is 6.92 Å². The molecule has 0 saturated carbocycles. The minimum atomic E-state index is -4.55. The average Bonchev–Trinajstić information content (AvgIpc) is 3.21. The highest BCUT2D eigenvalue weighted by Gasteiger charge is 2.34. The Bertz CT molecular complexity index is 873. The van der Waals surface area contributed by atoms with Crippen LogP contribution in [0.25, 0.3) is 0 Å². The van der Waals surface area contributed by atoms with Crippen molar-refractivity contribution in [1.29, 1.82) is 0 Å².